The Hall–Kier alpha value is 0.150. The molecule has 0 fully saturated rings. The number of rotatable bonds is 1. The molecule has 0 spiro atoms. The predicted molar refractivity (Wildman–Crippen MR) is 30.0 cm³/mol. The van der Waals surface area contributed by atoms with Crippen LogP contribution >= 0.6 is 0 Å². The van der Waals surface area contributed by atoms with Crippen LogP contribution in [0.1, 0.15) is 0 Å². The maximum atomic E-state index is 4.93. The van der Waals surface area contributed by atoms with Crippen molar-refractivity contribution >= 4 is 22.9 Å². The van der Waals surface area contributed by atoms with Gasteiger partial charge >= 0.3 is 54.3 Å². The van der Waals surface area contributed by atoms with Crippen molar-refractivity contribution in [3.8, 4) is 0 Å². The van der Waals surface area contributed by atoms with Crippen molar-refractivity contribution in [2.75, 3.05) is 7.11 Å². The van der Waals surface area contributed by atoms with Crippen LogP contribution in [-0.4, -0.2) is 30.0 Å². The summed E-state index contributed by atoms with van der Waals surface area (Å²) in [6, 6.07) is 0. The van der Waals surface area contributed by atoms with Gasteiger partial charge in [0.25, 0.3) is 0 Å². The van der Waals surface area contributed by atoms with Crippen LogP contribution in [0.25, 0.3) is 0 Å². The van der Waals surface area contributed by atoms with E-state index in [2.05, 4.69) is 13.7 Å². The molecule has 0 saturated carbocycles. The molecule has 0 bridgehead atoms. The monoisotopic (exact) mass is 197 g/mol. The van der Waals surface area contributed by atoms with Gasteiger partial charge in [-0.3, -0.25) is 0 Å². The van der Waals surface area contributed by atoms with Gasteiger partial charge in [-0.2, -0.15) is 0 Å². The van der Waals surface area contributed by atoms with Crippen LogP contribution in [-0.2, 0) is 4.74 Å². The molecular weight excluding hydrogens is 191 g/mol. The molecule has 0 aliphatic carbocycles. The number of hydrogen-bond acceptors (Lipinski definition) is 1. The SMILES string of the molecule is COC1=[CH][In][CH]=C1. The zero-order chi connectivity index (χ0) is 5.11. The second-order valence-electron chi connectivity index (χ2n) is 1.32. The maximum absolute atomic E-state index is 4.93. The van der Waals surface area contributed by atoms with E-state index in [1.165, 1.54) is 0 Å². The first-order valence-corrected chi connectivity index (χ1v) is 6.00. The molecule has 1 aliphatic rings. The van der Waals surface area contributed by atoms with Crippen LogP contribution in [0.5, 0.6) is 0 Å². The minimum absolute atomic E-state index is 0.356. The molecular formula is C5H6InO. The fourth-order valence-corrected chi connectivity index (χ4v) is 2.91. The normalized spacial score (nSPS) is 15.9. The molecule has 0 amide bonds. The summed E-state index contributed by atoms with van der Waals surface area (Å²) in [4.78, 5) is 0. The molecule has 0 aromatic heterocycles. The van der Waals surface area contributed by atoms with Gasteiger partial charge in [0.2, 0.25) is 0 Å². The van der Waals surface area contributed by atoms with Gasteiger partial charge in [0.1, 0.15) is 0 Å². The number of hydrogen-bond donors (Lipinski definition) is 0. The molecule has 0 aromatic rings. The third-order valence-electron chi connectivity index (χ3n) is 0.868. The van der Waals surface area contributed by atoms with Crippen molar-refractivity contribution in [2.24, 2.45) is 0 Å². The van der Waals surface area contributed by atoms with Gasteiger partial charge in [0.05, 0.1) is 0 Å². The van der Waals surface area contributed by atoms with Gasteiger partial charge in [-0.25, -0.2) is 0 Å². The molecule has 7 heavy (non-hydrogen) atoms. The number of ether oxygens (including phenoxy) is 1. The predicted octanol–water partition coefficient (Wildman–Crippen LogP) is 0.706. The fourth-order valence-electron chi connectivity index (χ4n) is 0.492. The summed E-state index contributed by atoms with van der Waals surface area (Å²) in [5, 5.41) is 0. The molecule has 1 radical (unpaired) electrons. The van der Waals surface area contributed by atoms with Crippen molar-refractivity contribution in [3.05, 3.63) is 19.5 Å². The molecule has 0 unspecified atom stereocenters. The molecule has 1 heterocycles. The van der Waals surface area contributed by atoms with Crippen LogP contribution in [0, 0.1) is 0 Å². The van der Waals surface area contributed by atoms with E-state index in [4.69, 9.17) is 4.74 Å². The van der Waals surface area contributed by atoms with Gasteiger partial charge in [0.15, 0.2) is 0 Å². The third-order valence-corrected chi connectivity index (χ3v) is 3.54. The summed E-state index contributed by atoms with van der Waals surface area (Å²) in [7, 11) is 1.71. The zero-order valence-electron chi connectivity index (χ0n) is 4.22. The molecule has 35 valence electrons. The van der Waals surface area contributed by atoms with Crippen molar-refractivity contribution in [1.29, 1.82) is 0 Å². The Morgan fingerprint density at radius 3 is 2.86 bits per heavy atom. The Bertz CT molecular complexity index is 115. The van der Waals surface area contributed by atoms with Gasteiger partial charge in [-0.15, -0.1) is 0 Å². The van der Waals surface area contributed by atoms with E-state index >= 15 is 0 Å². The average molecular weight is 197 g/mol. The molecule has 0 N–H and O–H groups in total. The van der Waals surface area contributed by atoms with E-state index < -0.39 is 0 Å². The quantitative estimate of drug-likeness (QED) is 0.601. The average Bonchev–Trinajstić information content (AvgIpc) is 2.14. The Morgan fingerprint density at radius 1 is 1.71 bits per heavy atom. The molecule has 1 aliphatic heterocycles. The van der Waals surface area contributed by atoms with Crippen LogP contribution in [0.4, 0.5) is 0 Å². The summed E-state index contributed by atoms with van der Waals surface area (Å²) in [6.07, 6.45) is 2.06. The Kier molecular flexibility index (Phi) is 1.86. The third kappa shape index (κ3) is 1.27. The zero-order valence-corrected chi connectivity index (χ0v) is 7.51. The van der Waals surface area contributed by atoms with E-state index in [-0.39, 0.29) is 22.9 Å². The Morgan fingerprint density at radius 2 is 2.57 bits per heavy atom. The molecule has 2 heteroatoms. The number of allylic oxidation sites excluding steroid dienone is 1. The summed E-state index contributed by atoms with van der Waals surface area (Å²) >= 11 is -0.356. The van der Waals surface area contributed by atoms with E-state index in [1.807, 2.05) is 0 Å². The summed E-state index contributed by atoms with van der Waals surface area (Å²) < 4.78 is 9.42. The first-order chi connectivity index (χ1) is 3.43. The number of methoxy groups -OCH3 is 1. The van der Waals surface area contributed by atoms with Gasteiger partial charge < -0.3 is 0 Å². The second-order valence-corrected chi connectivity index (χ2v) is 4.47. The van der Waals surface area contributed by atoms with E-state index in [0.717, 1.165) is 5.76 Å². The standard InChI is InChI=1S/C5H6O.In/c1-4-5(2)6-3;/h1-2,4H,3H3;. The molecule has 0 aromatic carbocycles. The molecule has 1 rings (SSSR count). The van der Waals surface area contributed by atoms with Gasteiger partial charge in [-0.05, 0) is 0 Å². The molecule has 1 nitrogen and oxygen atoms in total. The second kappa shape index (κ2) is 2.46. The van der Waals surface area contributed by atoms with Crippen LogP contribution in [0.15, 0.2) is 19.5 Å². The van der Waals surface area contributed by atoms with Gasteiger partial charge in [-0.1, -0.05) is 0 Å². The Labute approximate surface area is 54.4 Å². The Balaban J connectivity index is 2.52. The van der Waals surface area contributed by atoms with E-state index in [9.17, 15) is 0 Å². The van der Waals surface area contributed by atoms with Crippen molar-refractivity contribution < 1.29 is 4.74 Å². The van der Waals surface area contributed by atoms with E-state index in [1.54, 1.807) is 7.11 Å². The summed E-state index contributed by atoms with van der Waals surface area (Å²) in [6.45, 7) is 0. The first-order valence-electron chi connectivity index (χ1n) is 2.19. The van der Waals surface area contributed by atoms with E-state index in [0.29, 0.717) is 0 Å². The van der Waals surface area contributed by atoms with Crippen LogP contribution < -0.4 is 0 Å². The molecule has 0 atom stereocenters. The fraction of sp³-hybridized carbons (Fsp3) is 0.200. The van der Waals surface area contributed by atoms with Gasteiger partial charge in [0, 0.05) is 0 Å². The van der Waals surface area contributed by atoms with Crippen molar-refractivity contribution in [2.45, 2.75) is 0 Å². The van der Waals surface area contributed by atoms with Crippen molar-refractivity contribution in [3.63, 3.8) is 0 Å². The molecule has 0 saturated heterocycles. The van der Waals surface area contributed by atoms with Crippen molar-refractivity contribution in [1.82, 2.24) is 0 Å². The summed E-state index contributed by atoms with van der Waals surface area (Å²) in [5.41, 5.74) is 0. The van der Waals surface area contributed by atoms with Crippen LogP contribution in [0.3, 0.4) is 0 Å². The van der Waals surface area contributed by atoms with Crippen LogP contribution in [0.2, 0.25) is 0 Å². The minimum atomic E-state index is -0.356. The summed E-state index contributed by atoms with van der Waals surface area (Å²) in [5.74, 6) is 1.07. The topological polar surface area (TPSA) is 9.23 Å². The first kappa shape index (κ1) is 5.29.